The molecular formula is C13H25N3O3S. The molecule has 0 aromatic carbocycles. The summed E-state index contributed by atoms with van der Waals surface area (Å²) in [5, 5.41) is 6.21. The predicted molar refractivity (Wildman–Crippen MR) is 77.8 cm³/mol. The van der Waals surface area contributed by atoms with Crippen molar-refractivity contribution in [1.82, 2.24) is 15.4 Å². The molecule has 0 aromatic heterocycles. The van der Waals surface area contributed by atoms with Crippen LogP contribution >= 0.6 is 0 Å². The highest BCUT2D eigenvalue weighted by Crippen LogP contribution is 2.33. The average Bonchev–Trinajstić information content (AvgIpc) is 2.87. The van der Waals surface area contributed by atoms with Crippen LogP contribution in [0.1, 0.15) is 39.0 Å². The van der Waals surface area contributed by atoms with Crippen molar-refractivity contribution in [2.75, 3.05) is 18.8 Å². The van der Waals surface area contributed by atoms with Crippen molar-refractivity contribution in [1.29, 1.82) is 0 Å². The maximum absolute atomic E-state index is 12.0. The van der Waals surface area contributed by atoms with Crippen LogP contribution in [0.15, 0.2) is 0 Å². The van der Waals surface area contributed by atoms with Gasteiger partial charge in [0.1, 0.15) is 0 Å². The standard InChI is InChI=1S/C13H25N3O3S/c1-2-20(18,19)15-8-7-14-13(17)12-9-10-5-3-4-6-11(10)16-12/h10-12,15-16H,2-9H2,1H3,(H,14,17). The van der Waals surface area contributed by atoms with Gasteiger partial charge in [-0.15, -0.1) is 0 Å². The Kier molecular flexibility index (Phi) is 5.40. The van der Waals surface area contributed by atoms with Gasteiger partial charge in [0.15, 0.2) is 0 Å². The van der Waals surface area contributed by atoms with Crippen molar-refractivity contribution in [3.8, 4) is 0 Å². The van der Waals surface area contributed by atoms with Crippen molar-refractivity contribution < 1.29 is 13.2 Å². The van der Waals surface area contributed by atoms with E-state index in [4.69, 9.17) is 0 Å². The summed E-state index contributed by atoms with van der Waals surface area (Å²) in [6, 6.07) is 0.393. The van der Waals surface area contributed by atoms with E-state index in [9.17, 15) is 13.2 Å². The fourth-order valence-corrected chi connectivity index (χ4v) is 3.76. The van der Waals surface area contributed by atoms with Crippen molar-refractivity contribution in [3.05, 3.63) is 0 Å². The van der Waals surface area contributed by atoms with Crippen LogP contribution in [-0.2, 0) is 14.8 Å². The predicted octanol–water partition coefficient (Wildman–Crippen LogP) is -0.0374. The summed E-state index contributed by atoms with van der Waals surface area (Å²) < 4.78 is 24.9. The SMILES string of the molecule is CCS(=O)(=O)NCCNC(=O)C1CC2CCCCC2N1. The Morgan fingerprint density at radius 2 is 2.00 bits per heavy atom. The molecule has 20 heavy (non-hydrogen) atoms. The second kappa shape index (κ2) is 6.87. The van der Waals surface area contributed by atoms with Gasteiger partial charge in [-0.1, -0.05) is 12.8 Å². The van der Waals surface area contributed by atoms with E-state index >= 15 is 0 Å². The summed E-state index contributed by atoms with van der Waals surface area (Å²) in [6.07, 6.45) is 5.83. The van der Waals surface area contributed by atoms with Crippen molar-refractivity contribution >= 4 is 15.9 Å². The highest BCUT2D eigenvalue weighted by Gasteiger charge is 2.37. The molecule has 0 bridgehead atoms. The van der Waals surface area contributed by atoms with Crippen LogP contribution in [0.4, 0.5) is 0 Å². The van der Waals surface area contributed by atoms with E-state index in [1.807, 2.05) is 0 Å². The lowest BCUT2D eigenvalue weighted by Gasteiger charge is -2.24. The third kappa shape index (κ3) is 4.17. The molecule has 6 nitrogen and oxygen atoms in total. The van der Waals surface area contributed by atoms with Gasteiger partial charge in [-0.3, -0.25) is 4.79 Å². The minimum absolute atomic E-state index is 0.00454. The van der Waals surface area contributed by atoms with Crippen LogP contribution in [0, 0.1) is 5.92 Å². The van der Waals surface area contributed by atoms with Gasteiger partial charge in [0.05, 0.1) is 11.8 Å². The van der Waals surface area contributed by atoms with Crippen molar-refractivity contribution in [2.45, 2.75) is 51.1 Å². The van der Waals surface area contributed by atoms with E-state index in [0.29, 0.717) is 18.5 Å². The molecule has 0 radical (unpaired) electrons. The van der Waals surface area contributed by atoms with E-state index in [1.54, 1.807) is 6.92 Å². The lowest BCUT2D eigenvalue weighted by atomic mass is 9.85. The van der Waals surface area contributed by atoms with E-state index in [1.165, 1.54) is 25.7 Å². The van der Waals surface area contributed by atoms with Gasteiger partial charge >= 0.3 is 0 Å². The molecule has 0 aromatic rings. The first kappa shape index (κ1) is 15.7. The Morgan fingerprint density at radius 1 is 1.25 bits per heavy atom. The molecule has 1 aliphatic heterocycles. The summed E-state index contributed by atoms with van der Waals surface area (Å²) in [5.74, 6) is 0.697. The Bertz CT molecular complexity index is 424. The Hall–Kier alpha value is -0.660. The van der Waals surface area contributed by atoms with E-state index in [-0.39, 0.29) is 24.2 Å². The number of amides is 1. The number of hydrogen-bond donors (Lipinski definition) is 3. The number of rotatable bonds is 6. The Morgan fingerprint density at radius 3 is 2.70 bits per heavy atom. The zero-order valence-corrected chi connectivity index (χ0v) is 12.8. The topological polar surface area (TPSA) is 87.3 Å². The lowest BCUT2D eigenvalue weighted by molar-refractivity contribution is -0.122. The molecule has 0 spiro atoms. The molecule has 3 N–H and O–H groups in total. The Labute approximate surface area is 121 Å². The monoisotopic (exact) mass is 303 g/mol. The highest BCUT2D eigenvalue weighted by atomic mass is 32.2. The van der Waals surface area contributed by atoms with Gasteiger partial charge in [-0.2, -0.15) is 0 Å². The highest BCUT2D eigenvalue weighted by molar-refractivity contribution is 7.89. The number of fused-ring (bicyclic) bond motifs is 1. The molecule has 1 saturated carbocycles. The molecule has 2 rings (SSSR count). The number of nitrogens with one attached hydrogen (secondary N) is 3. The van der Waals surface area contributed by atoms with Crippen LogP contribution in [0.25, 0.3) is 0 Å². The quantitative estimate of drug-likeness (QED) is 0.601. The summed E-state index contributed by atoms with van der Waals surface area (Å²) in [5.41, 5.74) is 0. The molecule has 1 amide bonds. The zero-order chi connectivity index (χ0) is 14.6. The van der Waals surface area contributed by atoms with Crippen LogP contribution < -0.4 is 15.4 Å². The molecule has 2 aliphatic rings. The van der Waals surface area contributed by atoms with Crippen molar-refractivity contribution in [2.24, 2.45) is 5.92 Å². The van der Waals surface area contributed by atoms with E-state index < -0.39 is 10.0 Å². The molecule has 2 fully saturated rings. The third-order valence-corrected chi connectivity index (χ3v) is 5.71. The fraction of sp³-hybridized carbons (Fsp3) is 0.923. The second-order valence-electron chi connectivity index (χ2n) is 5.69. The summed E-state index contributed by atoms with van der Waals surface area (Å²) in [7, 11) is -3.17. The fourth-order valence-electron chi connectivity index (χ4n) is 3.14. The van der Waals surface area contributed by atoms with E-state index in [0.717, 1.165) is 6.42 Å². The maximum Gasteiger partial charge on any atom is 0.237 e. The molecule has 116 valence electrons. The normalized spacial score (nSPS) is 29.9. The first-order chi connectivity index (χ1) is 9.52. The van der Waals surface area contributed by atoms with Crippen LogP contribution in [-0.4, -0.2) is 45.3 Å². The van der Waals surface area contributed by atoms with Crippen molar-refractivity contribution in [3.63, 3.8) is 0 Å². The summed E-state index contributed by atoms with van der Waals surface area (Å²) in [6.45, 7) is 2.18. The molecule has 1 heterocycles. The van der Waals surface area contributed by atoms with Gasteiger partial charge in [0.2, 0.25) is 15.9 Å². The largest absolute Gasteiger partial charge is 0.353 e. The maximum atomic E-state index is 12.0. The van der Waals surface area contributed by atoms with Crippen LogP contribution in [0.5, 0.6) is 0 Å². The van der Waals surface area contributed by atoms with Crippen LogP contribution in [0.2, 0.25) is 0 Å². The average molecular weight is 303 g/mol. The van der Waals surface area contributed by atoms with E-state index in [2.05, 4.69) is 15.4 Å². The molecule has 1 aliphatic carbocycles. The number of sulfonamides is 1. The molecular weight excluding hydrogens is 278 g/mol. The minimum Gasteiger partial charge on any atom is -0.353 e. The van der Waals surface area contributed by atoms with Gasteiger partial charge in [-0.25, -0.2) is 13.1 Å². The van der Waals surface area contributed by atoms with Gasteiger partial charge in [-0.05, 0) is 32.1 Å². The lowest BCUT2D eigenvalue weighted by Crippen LogP contribution is -2.45. The summed E-state index contributed by atoms with van der Waals surface area (Å²) in [4.78, 5) is 12.0. The van der Waals surface area contributed by atoms with Crippen LogP contribution in [0.3, 0.4) is 0 Å². The molecule has 3 atom stereocenters. The first-order valence-electron chi connectivity index (χ1n) is 7.53. The molecule has 3 unspecified atom stereocenters. The van der Waals surface area contributed by atoms with Gasteiger partial charge in [0, 0.05) is 19.1 Å². The Balaban J connectivity index is 1.68. The number of hydrogen-bond acceptors (Lipinski definition) is 4. The summed E-state index contributed by atoms with van der Waals surface area (Å²) >= 11 is 0. The smallest absolute Gasteiger partial charge is 0.237 e. The number of carbonyl (C=O) groups is 1. The number of carbonyl (C=O) groups excluding carboxylic acids is 1. The third-order valence-electron chi connectivity index (χ3n) is 4.31. The van der Waals surface area contributed by atoms with Gasteiger partial charge in [0.25, 0.3) is 0 Å². The molecule has 1 saturated heterocycles. The zero-order valence-electron chi connectivity index (χ0n) is 12.0. The van der Waals surface area contributed by atoms with Gasteiger partial charge < -0.3 is 10.6 Å². The second-order valence-corrected chi connectivity index (χ2v) is 7.79. The molecule has 7 heteroatoms. The minimum atomic E-state index is -3.17. The first-order valence-corrected chi connectivity index (χ1v) is 9.18.